The van der Waals surface area contributed by atoms with Gasteiger partial charge in [0.15, 0.2) is 5.82 Å². The molecule has 1 fully saturated rings. The Morgan fingerprint density at radius 3 is 2.52 bits per heavy atom. The van der Waals surface area contributed by atoms with Crippen LogP contribution >= 0.6 is 0 Å². The first-order valence-corrected chi connectivity index (χ1v) is 14.1. The van der Waals surface area contributed by atoms with Gasteiger partial charge < -0.3 is 14.6 Å². The highest BCUT2D eigenvalue weighted by Gasteiger charge is 2.43. The average molecular weight is 546 g/mol. The molecule has 0 radical (unpaired) electrons. The summed E-state index contributed by atoms with van der Waals surface area (Å²) >= 11 is 0. The number of hydrogen-bond acceptors (Lipinski definition) is 6. The summed E-state index contributed by atoms with van der Waals surface area (Å²) in [6.07, 6.45) is 4.64. The van der Waals surface area contributed by atoms with Gasteiger partial charge >= 0.3 is 6.09 Å². The summed E-state index contributed by atoms with van der Waals surface area (Å²) in [5.74, 6) is 1.05. The Bertz CT molecular complexity index is 1430. The van der Waals surface area contributed by atoms with Crippen LogP contribution in [0.5, 0.6) is 0 Å². The number of carbonyl (C=O) groups is 2. The Morgan fingerprint density at radius 2 is 1.90 bits per heavy atom. The average Bonchev–Trinajstić information content (AvgIpc) is 3.32. The third-order valence-electron chi connectivity index (χ3n) is 8.05. The van der Waals surface area contributed by atoms with E-state index in [-0.39, 0.29) is 35.9 Å². The molecule has 0 bridgehead atoms. The Labute approximate surface area is 235 Å². The summed E-state index contributed by atoms with van der Waals surface area (Å²) in [5, 5.41) is 18.5. The highest BCUT2D eigenvalue weighted by Crippen LogP contribution is 2.48. The molecular weight excluding hydrogens is 506 g/mol. The van der Waals surface area contributed by atoms with E-state index in [0.717, 1.165) is 36.9 Å². The van der Waals surface area contributed by atoms with Gasteiger partial charge in [0.05, 0.1) is 18.8 Å². The standard InChI is InChI=1S/C30H39N7O3/c1-7-19(8-2)37-18-31-34-26(37)22-10-9-11-25(33-22)36-15-21-20(27(36)38)14-24(30(6)12-13-30)32-23(21)16-35(28(39)40)17-29(3,4)5/h9-11,14,18-19H,7-8,12-13,15-17H2,1-6H3,(H,39,40). The Balaban J connectivity index is 1.51. The van der Waals surface area contributed by atoms with E-state index in [2.05, 4.69) is 31.0 Å². The molecule has 4 heterocycles. The highest BCUT2D eigenvalue weighted by molar-refractivity contribution is 6.10. The first-order valence-electron chi connectivity index (χ1n) is 14.1. The zero-order chi connectivity index (χ0) is 28.8. The molecule has 1 aliphatic heterocycles. The van der Waals surface area contributed by atoms with Crippen molar-refractivity contribution in [2.75, 3.05) is 11.4 Å². The van der Waals surface area contributed by atoms with Gasteiger partial charge in [-0.25, -0.2) is 9.78 Å². The smallest absolute Gasteiger partial charge is 0.407 e. The summed E-state index contributed by atoms with van der Waals surface area (Å²) in [4.78, 5) is 38.9. The van der Waals surface area contributed by atoms with Gasteiger partial charge in [0, 0.05) is 34.8 Å². The molecule has 2 aliphatic rings. The van der Waals surface area contributed by atoms with Crippen molar-refractivity contribution in [1.29, 1.82) is 0 Å². The molecule has 1 aliphatic carbocycles. The minimum absolute atomic E-state index is 0.0765. The molecular formula is C30H39N7O3. The van der Waals surface area contributed by atoms with Gasteiger partial charge in [0.2, 0.25) is 0 Å². The van der Waals surface area contributed by atoms with Crippen LogP contribution in [0.2, 0.25) is 0 Å². The maximum absolute atomic E-state index is 13.9. The summed E-state index contributed by atoms with van der Waals surface area (Å²) in [5.41, 5.74) is 3.21. The van der Waals surface area contributed by atoms with Crippen LogP contribution in [-0.4, -0.2) is 53.3 Å². The Hall–Kier alpha value is -3.82. The van der Waals surface area contributed by atoms with Crippen molar-refractivity contribution in [1.82, 2.24) is 29.6 Å². The van der Waals surface area contributed by atoms with Crippen LogP contribution in [0.4, 0.5) is 10.6 Å². The molecule has 2 amide bonds. The lowest BCUT2D eigenvalue weighted by Crippen LogP contribution is -2.37. The van der Waals surface area contributed by atoms with Crippen molar-refractivity contribution in [2.24, 2.45) is 5.41 Å². The minimum atomic E-state index is -0.995. The van der Waals surface area contributed by atoms with Crippen LogP contribution < -0.4 is 4.90 Å². The molecule has 3 aromatic heterocycles. The van der Waals surface area contributed by atoms with Crippen molar-refractivity contribution < 1.29 is 14.7 Å². The van der Waals surface area contributed by atoms with E-state index in [1.165, 1.54) is 4.90 Å². The number of pyridine rings is 2. The van der Waals surface area contributed by atoms with Crippen LogP contribution in [-0.2, 0) is 18.5 Å². The second-order valence-corrected chi connectivity index (χ2v) is 12.5. The number of carboxylic acid groups (broad SMARTS) is 1. The molecule has 0 saturated heterocycles. The topological polar surface area (TPSA) is 117 Å². The van der Waals surface area contributed by atoms with Crippen molar-refractivity contribution in [3.63, 3.8) is 0 Å². The number of amides is 2. The number of hydrogen-bond donors (Lipinski definition) is 1. The first kappa shape index (κ1) is 27.7. The molecule has 0 unspecified atom stereocenters. The lowest BCUT2D eigenvalue weighted by Gasteiger charge is -2.28. The van der Waals surface area contributed by atoms with Crippen LogP contribution in [0, 0.1) is 5.41 Å². The van der Waals surface area contributed by atoms with E-state index in [1.54, 1.807) is 11.2 Å². The predicted molar refractivity (Wildman–Crippen MR) is 152 cm³/mol. The SMILES string of the molecule is CCC(CC)n1cnnc1-c1cccc(N2Cc3c(cc(C4(C)CC4)nc3CN(CC(C)(C)C)C(=O)O)C2=O)n1. The highest BCUT2D eigenvalue weighted by atomic mass is 16.4. The molecule has 1 N–H and O–H groups in total. The zero-order valence-electron chi connectivity index (χ0n) is 24.3. The minimum Gasteiger partial charge on any atom is -0.465 e. The fraction of sp³-hybridized carbons (Fsp3) is 0.533. The van der Waals surface area contributed by atoms with Crippen molar-refractivity contribution in [3.05, 3.63) is 53.1 Å². The Kier molecular flexibility index (Phi) is 7.14. The molecule has 5 rings (SSSR count). The number of anilines is 1. The molecule has 40 heavy (non-hydrogen) atoms. The number of fused-ring (bicyclic) bond motifs is 1. The largest absolute Gasteiger partial charge is 0.465 e. The molecule has 212 valence electrons. The second kappa shape index (κ2) is 10.3. The van der Waals surface area contributed by atoms with Gasteiger partial charge in [-0.3, -0.25) is 14.7 Å². The molecule has 10 heteroatoms. The quantitative estimate of drug-likeness (QED) is 0.359. The van der Waals surface area contributed by atoms with Crippen LogP contribution in [0.3, 0.4) is 0 Å². The van der Waals surface area contributed by atoms with E-state index in [9.17, 15) is 14.7 Å². The van der Waals surface area contributed by atoms with Crippen LogP contribution in [0.25, 0.3) is 11.5 Å². The third kappa shape index (κ3) is 5.31. The summed E-state index contributed by atoms with van der Waals surface area (Å²) in [6, 6.07) is 7.76. The molecule has 0 spiro atoms. The maximum Gasteiger partial charge on any atom is 0.407 e. The van der Waals surface area contributed by atoms with Gasteiger partial charge in [-0.2, -0.15) is 0 Å². The molecule has 1 saturated carbocycles. The fourth-order valence-corrected chi connectivity index (χ4v) is 5.45. The predicted octanol–water partition coefficient (Wildman–Crippen LogP) is 5.83. The molecule has 3 aromatic rings. The zero-order valence-corrected chi connectivity index (χ0v) is 24.3. The van der Waals surface area contributed by atoms with Gasteiger partial charge in [-0.05, 0) is 49.3 Å². The summed E-state index contributed by atoms with van der Waals surface area (Å²) in [6.45, 7) is 13.2. The van der Waals surface area contributed by atoms with E-state index >= 15 is 0 Å². The molecule has 0 aromatic carbocycles. The van der Waals surface area contributed by atoms with Crippen LogP contribution in [0.15, 0.2) is 30.6 Å². The Morgan fingerprint density at radius 1 is 1.18 bits per heavy atom. The van der Waals surface area contributed by atoms with E-state index in [1.807, 2.05) is 49.6 Å². The van der Waals surface area contributed by atoms with E-state index in [4.69, 9.17) is 9.97 Å². The van der Waals surface area contributed by atoms with Gasteiger partial charge in [0.1, 0.15) is 17.8 Å². The molecule has 0 atom stereocenters. The number of carbonyl (C=O) groups excluding carboxylic acids is 1. The summed E-state index contributed by atoms with van der Waals surface area (Å²) < 4.78 is 2.05. The second-order valence-electron chi connectivity index (χ2n) is 12.5. The summed E-state index contributed by atoms with van der Waals surface area (Å²) in [7, 11) is 0. The van der Waals surface area contributed by atoms with E-state index < -0.39 is 6.09 Å². The lowest BCUT2D eigenvalue weighted by molar-refractivity contribution is 0.0995. The number of nitrogens with zero attached hydrogens (tertiary/aromatic N) is 7. The van der Waals surface area contributed by atoms with Crippen molar-refractivity contribution in [3.8, 4) is 11.5 Å². The first-order chi connectivity index (χ1) is 18.9. The number of rotatable bonds is 9. The van der Waals surface area contributed by atoms with Gasteiger partial charge in [0.25, 0.3) is 5.91 Å². The number of aromatic nitrogens is 5. The normalized spacial score (nSPS) is 16.0. The van der Waals surface area contributed by atoms with Gasteiger partial charge in [-0.15, -0.1) is 10.2 Å². The third-order valence-corrected chi connectivity index (χ3v) is 8.05. The lowest BCUT2D eigenvalue weighted by atomic mass is 9.95. The van der Waals surface area contributed by atoms with E-state index in [0.29, 0.717) is 35.1 Å². The van der Waals surface area contributed by atoms with Gasteiger partial charge in [-0.1, -0.05) is 47.6 Å². The monoisotopic (exact) mass is 545 g/mol. The van der Waals surface area contributed by atoms with Crippen molar-refractivity contribution in [2.45, 2.75) is 91.8 Å². The maximum atomic E-state index is 13.9. The fourth-order valence-electron chi connectivity index (χ4n) is 5.45. The van der Waals surface area contributed by atoms with Crippen molar-refractivity contribution >= 4 is 17.8 Å². The van der Waals surface area contributed by atoms with Crippen LogP contribution in [0.1, 0.15) is 101 Å². The molecule has 10 nitrogen and oxygen atoms in total.